The third-order valence-corrected chi connectivity index (χ3v) is 3.89. The molecule has 0 radical (unpaired) electrons. The number of carbonyl (C=O) groups is 3. The number of hydrogen-bond donors (Lipinski definition) is 1. The van der Waals surface area contributed by atoms with Crippen LogP contribution in [0, 0.1) is 5.82 Å². The monoisotopic (exact) mass is 451 g/mol. The molecule has 0 unspecified atom stereocenters. The van der Waals surface area contributed by atoms with Gasteiger partial charge in [-0.15, -0.1) is 0 Å². The molecule has 0 bridgehead atoms. The number of amides is 1. The Morgan fingerprint density at radius 1 is 1.00 bits per heavy atom. The molecule has 0 aliphatic heterocycles. The van der Waals surface area contributed by atoms with Gasteiger partial charge < -0.3 is 10.1 Å². The van der Waals surface area contributed by atoms with Gasteiger partial charge in [0.15, 0.2) is 11.6 Å². The molecule has 31 heavy (non-hydrogen) atoms. The number of halogens is 2. The molecule has 0 fully saturated rings. The zero-order valence-electron chi connectivity index (χ0n) is 18.5. The normalized spacial score (nSPS) is 9.35. The standard InChI is InChI=1S/C10H11FO.C9H9ClO2.C5H11NO/c1-2-4-10(12)8-5-3-6-9(11)7-8;1-7(11)6-12-9-4-2-8(10)3-5-9;1-3-4-5(7)6-2/h3,5-7H,2,4H2,1H3;2-5H,6H2,1H3;3-4H2,1-2H3,(H,6,7). The zero-order valence-corrected chi connectivity index (χ0v) is 19.3. The molecule has 0 saturated carbocycles. The fourth-order valence-corrected chi connectivity index (χ4v) is 2.23. The van der Waals surface area contributed by atoms with E-state index < -0.39 is 0 Å². The van der Waals surface area contributed by atoms with Crippen LogP contribution < -0.4 is 10.1 Å². The number of Topliss-reactive ketones (excluding diaryl/α,β-unsaturated/α-hetero) is 2. The van der Waals surface area contributed by atoms with Crippen molar-refractivity contribution in [3.63, 3.8) is 0 Å². The molecule has 2 aromatic carbocycles. The molecule has 7 heteroatoms. The van der Waals surface area contributed by atoms with Crippen LogP contribution in [0.25, 0.3) is 0 Å². The quantitative estimate of drug-likeness (QED) is 0.526. The van der Waals surface area contributed by atoms with E-state index in [2.05, 4.69) is 5.32 Å². The minimum Gasteiger partial charge on any atom is -0.486 e. The van der Waals surface area contributed by atoms with Crippen molar-refractivity contribution < 1.29 is 23.5 Å². The predicted molar refractivity (Wildman–Crippen MR) is 122 cm³/mol. The maximum atomic E-state index is 12.6. The van der Waals surface area contributed by atoms with Gasteiger partial charge in [0.1, 0.15) is 18.2 Å². The number of ether oxygens (including phenoxy) is 1. The lowest BCUT2D eigenvalue weighted by Gasteiger charge is -2.02. The van der Waals surface area contributed by atoms with Crippen molar-refractivity contribution in [2.75, 3.05) is 13.7 Å². The molecule has 0 aliphatic carbocycles. The molecule has 1 amide bonds. The van der Waals surface area contributed by atoms with Crippen LogP contribution in [0.15, 0.2) is 48.5 Å². The van der Waals surface area contributed by atoms with Crippen LogP contribution in [0.3, 0.4) is 0 Å². The van der Waals surface area contributed by atoms with Crippen LogP contribution in [0.4, 0.5) is 4.39 Å². The summed E-state index contributed by atoms with van der Waals surface area (Å²) >= 11 is 5.65. The number of benzene rings is 2. The lowest BCUT2D eigenvalue weighted by molar-refractivity contribution is -0.120. The fraction of sp³-hybridized carbons (Fsp3) is 0.375. The first-order valence-corrected chi connectivity index (χ1v) is 10.5. The van der Waals surface area contributed by atoms with Crippen molar-refractivity contribution in [3.05, 3.63) is 64.9 Å². The number of rotatable bonds is 8. The van der Waals surface area contributed by atoms with Gasteiger partial charge >= 0.3 is 0 Å². The van der Waals surface area contributed by atoms with E-state index in [-0.39, 0.29) is 29.9 Å². The average Bonchev–Trinajstić information content (AvgIpc) is 2.74. The SMILES string of the molecule is CC(=O)COc1ccc(Cl)cc1.CCCC(=O)NC.CCCC(=O)c1cccc(F)c1. The van der Waals surface area contributed by atoms with Crippen molar-refractivity contribution in [3.8, 4) is 5.75 Å². The van der Waals surface area contributed by atoms with Gasteiger partial charge in [-0.1, -0.05) is 37.6 Å². The van der Waals surface area contributed by atoms with Crippen molar-refractivity contribution in [1.29, 1.82) is 0 Å². The minimum atomic E-state index is -0.350. The maximum absolute atomic E-state index is 12.6. The molecule has 5 nitrogen and oxygen atoms in total. The Kier molecular flexibility index (Phi) is 15.5. The topological polar surface area (TPSA) is 72.5 Å². The number of nitrogens with one attached hydrogen (secondary N) is 1. The molecule has 2 aromatic rings. The lowest BCUT2D eigenvalue weighted by Crippen LogP contribution is -2.16. The second-order valence-corrected chi connectivity index (χ2v) is 6.99. The largest absolute Gasteiger partial charge is 0.486 e. The molecule has 0 spiro atoms. The summed E-state index contributed by atoms with van der Waals surface area (Å²) in [5.74, 6) is 0.455. The minimum absolute atomic E-state index is 0.00458. The van der Waals surface area contributed by atoms with E-state index in [4.69, 9.17) is 16.3 Å². The van der Waals surface area contributed by atoms with Gasteiger partial charge in [0, 0.05) is 30.5 Å². The first kappa shape index (κ1) is 28.3. The van der Waals surface area contributed by atoms with Gasteiger partial charge in [0.05, 0.1) is 0 Å². The molecule has 0 atom stereocenters. The number of carbonyl (C=O) groups excluding carboxylic acids is 3. The van der Waals surface area contributed by atoms with Crippen molar-refractivity contribution in [2.24, 2.45) is 0 Å². The molecule has 2 rings (SSSR count). The van der Waals surface area contributed by atoms with Crippen molar-refractivity contribution >= 4 is 29.1 Å². The molecule has 170 valence electrons. The van der Waals surface area contributed by atoms with E-state index in [0.717, 1.165) is 12.8 Å². The average molecular weight is 452 g/mol. The van der Waals surface area contributed by atoms with Crippen molar-refractivity contribution in [2.45, 2.75) is 46.5 Å². The summed E-state index contributed by atoms with van der Waals surface area (Å²) in [5.41, 5.74) is 0.469. The Labute approximate surface area is 188 Å². The molecule has 0 aliphatic rings. The summed E-state index contributed by atoms with van der Waals surface area (Å²) in [6, 6.07) is 12.7. The summed E-state index contributed by atoms with van der Waals surface area (Å²) in [4.78, 5) is 32.1. The summed E-state index contributed by atoms with van der Waals surface area (Å²) in [5, 5.41) is 3.18. The molecule has 0 aromatic heterocycles. The molecule has 0 saturated heterocycles. The molecular weight excluding hydrogens is 421 g/mol. The van der Waals surface area contributed by atoms with Crippen LogP contribution in [0.1, 0.15) is 56.8 Å². The number of ketones is 2. The maximum Gasteiger partial charge on any atom is 0.219 e. The van der Waals surface area contributed by atoms with E-state index in [1.54, 1.807) is 43.4 Å². The van der Waals surface area contributed by atoms with E-state index in [0.29, 0.717) is 29.2 Å². The van der Waals surface area contributed by atoms with Crippen LogP contribution in [-0.2, 0) is 9.59 Å². The summed E-state index contributed by atoms with van der Waals surface area (Å²) in [6.07, 6.45) is 2.87. The van der Waals surface area contributed by atoms with Gasteiger partial charge in [-0.3, -0.25) is 14.4 Å². The Balaban J connectivity index is 0.000000454. The highest BCUT2D eigenvalue weighted by Gasteiger charge is 2.04. The first-order valence-electron chi connectivity index (χ1n) is 10.1. The van der Waals surface area contributed by atoms with Gasteiger partial charge in [0.25, 0.3) is 0 Å². The van der Waals surface area contributed by atoms with E-state index >= 15 is 0 Å². The molecule has 1 N–H and O–H groups in total. The van der Waals surface area contributed by atoms with Gasteiger partial charge in [0.2, 0.25) is 5.91 Å². The summed E-state index contributed by atoms with van der Waals surface area (Å²) < 4.78 is 17.7. The highest BCUT2D eigenvalue weighted by molar-refractivity contribution is 6.30. The number of hydrogen-bond acceptors (Lipinski definition) is 4. The Morgan fingerprint density at radius 2 is 1.61 bits per heavy atom. The van der Waals surface area contributed by atoms with Crippen LogP contribution in [0.5, 0.6) is 5.75 Å². The van der Waals surface area contributed by atoms with Crippen LogP contribution >= 0.6 is 11.6 Å². The third-order valence-electron chi connectivity index (χ3n) is 3.64. The van der Waals surface area contributed by atoms with Crippen LogP contribution in [0.2, 0.25) is 5.02 Å². The van der Waals surface area contributed by atoms with Gasteiger partial charge in [-0.2, -0.15) is 0 Å². The van der Waals surface area contributed by atoms with E-state index in [1.807, 2.05) is 13.8 Å². The summed E-state index contributed by atoms with van der Waals surface area (Å²) in [6.45, 7) is 5.50. The van der Waals surface area contributed by atoms with E-state index in [1.165, 1.54) is 19.1 Å². The predicted octanol–water partition coefficient (Wildman–Crippen LogP) is 5.65. The highest BCUT2D eigenvalue weighted by atomic mass is 35.5. The Morgan fingerprint density at radius 3 is 2.06 bits per heavy atom. The molecular formula is C24H31ClFNO4. The highest BCUT2D eigenvalue weighted by Crippen LogP contribution is 2.15. The second-order valence-electron chi connectivity index (χ2n) is 6.55. The first-order chi connectivity index (χ1) is 14.7. The Bertz CT molecular complexity index is 809. The zero-order chi connectivity index (χ0) is 23.6. The van der Waals surface area contributed by atoms with Crippen LogP contribution in [-0.4, -0.2) is 31.1 Å². The lowest BCUT2D eigenvalue weighted by atomic mass is 10.1. The third kappa shape index (κ3) is 14.8. The summed E-state index contributed by atoms with van der Waals surface area (Å²) in [7, 11) is 1.65. The smallest absolute Gasteiger partial charge is 0.219 e. The van der Waals surface area contributed by atoms with Crippen molar-refractivity contribution in [1.82, 2.24) is 5.32 Å². The van der Waals surface area contributed by atoms with Gasteiger partial charge in [-0.25, -0.2) is 4.39 Å². The second kappa shape index (κ2) is 17.0. The fourth-order valence-electron chi connectivity index (χ4n) is 2.10. The molecule has 0 heterocycles. The van der Waals surface area contributed by atoms with Gasteiger partial charge in [-0.05, 0) is 56.2 Å². The van der Waals surface area contributed by atoms with E-state index in [9.17, 15) is 18.8 Å². The Hall–Kier alpha value is -2.73.